The minimum Gasteiger partial charge on any atom is -0.324 e. The summed E-state index contributed by atoms with van der Waals surface area (Å²) in [4.78, 5) is 14.5. The molecule has 1 aromatic rings. The van der Waals surface area contributed by atoms with Crippen LogP contribution >= 0.6 is 11.6 Å². The fourth-order valence-electron chi connectivity index (χ4n) is 3.20. The molecule has 122 valence electrons. The van der Waals surface area contributed by atoms with Crippen LogP contribution in [0, 0.1) is 5.82 Å². The predicted octanol–water partition coefficient (Wildman–Crippen LogP) is 1.11. The number of halogens is 2. The lowest BCUT2D eigenvalue weighted by atomic mass is 10.2. The zero-order valence-electron chi connectivity index (χ0n) is 12.4. The second-order valence-corrected chi connectivity index (χ2v) is 6.33. The van der Waals surface area contributed by atoms with Gasteiger partial charge in [0.2, 0.25) is 0 Å². The third kappa shape index (κ3) is 2.70. The van der Waals surface area contributed by atoms with E-state index in [0.29, 0.717) is 16.3 Å². The lowest BCUT2D eigenvalue weighted by Gasteiger charge is -2.36. The molecule has 3 aliphatic heterocycles. The van der Waals surface area contributed by atoms with E-state index in [0.717, 1.165) is 25.9 Å². The number of carbonyl (C=O) groups excluding carboxylic acids is 1. The highest BCUT2D eigenvalue weighted by Gasteiger charge is 2.39. The Kier molecular flexibility index (Phi) is 3.73. The Morgan fingerprint density at radius 1 is 1.26 bits per heavy atom. The molecule has 1 amide bonds. The van der Waals surface area contributed by atoms with Crippen molar-refractivity contribution >= 4 is 23.2 Å². The van der Waals surface area contributed by atoms with Gasteiger partial charge in [-0.1, -0.05) is 11.6 Å². The maximum absolute atomic E-state index is 14.1. The van der Waals surface area contributed by atoms with E-state index in [1.165, 1.54) is 11.1 Å². The molecule has 3 aliphatic rings. The van der Waals surface area contributed by atoms with Crippen LogP contribution in [-0.4, -0.2) is 36.4 Å². The Bertz CT molecular complexity index is 676. The quantitative estimate of drug-likeness (QED) is 0.755. The van der Waals surface area contributed by atoms with Gasteiger partial charge in [-0.2, -0.15) is 0 Å². The number of hydrogen-bond acceptors (Lipinski definition) is 5. The van der Waals surface area contributed by atoms with Gasteiger partial charge in [0.25, 0.3) is 5.91 Å². The fraction of sp³-hybridized carbons (Fsp3) is 0.400. The molecular weight excluding hydrogens is 321 g/mol. The lowest BCUT2D eigenvalue weighted by molar-refractivity contribution is -0.121. The van der Waals surface area contributed by atoms with Crippen LogP contribution in [0.25, 0.3) is 0 Å². The smallest absolute Gasteiger partial charge is 0.254 e. The molecule has 1 aromatic carbocycles. The van der Waals surface area contributed by atoms with Gasteiger partial charge in [-0.15, -0.1) is 0 Å². The van der Waals surface area contributed by atoms with E-state index in [1.807, 2.05) is 0 Å². The SMILES string of the molecule is O=C1NC(N2CCCC2)NC2NN(c3ccc(Cl)cc3F)C=C12. The Morgan fingerprint density at radius 2 is 2.04 bits per heavy atom. The molecule has 0 aromatic heterocycles. The predicted molar refractivity (Wildman–Crippen MR) is 84.8 cm³/mol. The van der Waals surface area contributed by atoms with Crippen molar-refractivity contribution in [2.24, 2.45) is 0 Å². The summed E-state index contributed by atoms with van der Waals surface area (Å²) in [5, 5.41) is 8.15. The number of amides is 1. The molecule has 0 radical (unpaired) electrons. The van der Waals surface area contributed by atoms with Crippen LogP contribution in [0.5, 0.6) is 0 Å². The Labute approximate surface area is 138 Å². The van der Waals surface area contributed by atoms with E-state index in [9.17, 15) is 9.18 Å². The van der Waals surface area contributed by atoms with E-state index >= 15 is 0 Å². The molecule has 3 N–H and O–H groups in total. The normalized spacial score (nSPS) is 27.8. The standard InChI is InChI=1S/C15H17ClFN5O/c16-9-3-4-12(11(17)7-9)22-8-10-13(20-22)18-15(19-14(10)23)21-5-1-2-6-21/h3-4,7-8,13,15,18,20H,1-2,5-6H2,(H,19,23). The van der Waals surface area contributed by atoms with Crippen molar-refractivity contribution in [3.05, 3.63) is 40.8 Å². The fourth-order valence-corrected chi connectivity index (χ4v) is 3.35. The third-order valence-corrected chi connectivity index (χ3v) is 4.61. The van der Waals surface area contributed by atoms with Crippen LogP contribution in [0.2, 0.25) is 5.02 Å². The molecule has 6 nitrogen and oxygen atoms in total. The van der Waals surface area contributed by atoms with E-state index in [2.05, 4.69) is 21.0 Å². The zero-order valence-corrected chi connectivity index (χ0v) is 13.1. The highest BCUT2D eigenvalue weighted by molar-refractivity contribution is 6.30. The molecule has 23 heavy (non-hydrogen) atoms. The van der Waals surface area contributed by atoms with Gasteiger partial charge in [0.15, 0.2) is 0 Å². The van der Waals surface area contributed by atoms with Crippen molar-refractivity contribution in [2.45, 2.75) is 25.3 Å². The van der Waals surface area contributed by atoms with Crippen LogP contribution in [-0.2, 0) is 4.79 Å². The zero-order chi connectivity index (χ0) is 16.0. The van der Waals surface area contributed by atoms with Gasteiger partial charge in [-0.25, -0.2) is 9.82 Å². The number of nitrogens with zero attached hydrogens (tertiary/aromatic N) is 2. The van der Waals surface area contributed by atoms with E-state index in [1.54, 1.807) is 18.3 Å². The number of hydrazine groups is 1. The molecule has 0 aliphatic carbocycles. The second-order valence-electron chi connectivity index (χ2n) is 5.90. The summed E-state index contributed by atoms with van der Waals surface area (Å²) in [6.45, 7) is 1.92. The average molecular weight is 338 g/mol. The summed E-state index contributed by atoms with van der Waals surface area (Å²) in [5.74, 6) is -0.591. The van der Waals surface area contributed by atoms with Gasteiger partial charge in [-0.3, -0.25) is 20.0 Å². The highest BCUT2D eigenvalue weighted by Crippen LogP contribution is 2.27. The van der Waals surface area contributed by atoms with E-state index in [4.69, 9.17) is 11.6 Å². The van der Waals surface area contributed by atoms with Crippen molar-refractivity contribution in [3.8, 4) is 0 Å². The molecule has 2 fully saturated rings. The largest absolute Gasteiger partial charge is 0.324 e. The summed E-state index contributed by atoms with van der Waals surface area (Å²) >= 11 is 5.78. The summed E-state index contributed by atoms with van der Waals surface area (Å²) in [6.07, 6.45) is 3.34. The molecule has 2 saturated heterocycles. The van der Waals surface area contributed by atoms with Gasteiger partial charge >= 0.3 is 0 Å². The number of fused-ring (bicyclic) bond motifs is 1. The van der Waals surface area contributed by atoms with Crippen LogP contribution in [0.15, 0.2) is 30.0 Å². The van der Waals surface area contributed by atoms with Crippen molar-refractivity contribution in [1.29, 1.82) is 0 Å². The van der Waals surface area contributed by atoms with Gasteiger partial charge in [-0.05, 0) is 31.0 Å². The number of carbonyl (C=O) groups is 1. The molecule has 0 bridgehead atoms. The summed E-state index contributed by atoms with van der Waals surface area (Å²) in [5.41, 5.74) is 3.97. The molecule has 0 saturated carbocycles. The maximum Gasteiger partial charge on any atom is 0.254 e. The summed E-state index contributed by atoms with van der Waals surface area (Å²) in [6, 6.07) is 4.44. The van der Waals surface area contributed by atoms with Gasteiger partial charge in [0.1, 0.15) is 18.3 Å². The van der Waals surface area contributed by atoms with Gasteiger partial charge < -0.3 is 5.32 Å². The third-order valence-electron chi connectivity index (χ3n) is 4.38. The highest BCUT2D eigenvalue weighted by atomic mass is 35.5. The number of benzene rings is 1. The molecule has 2 atom stereocenters. The average Bonchev–Trinajstić information content (AvgIpc) is 3.16. The first kappa shape index (κ1) is 14.9. The molecule has 0 spiro atoms. The lowest BCUT2D eigenvalue weighted by Crippen LogP contribution is -2.66. The Hall–Kier alpha value is -1.67. The molecule has 2 unspecified atom stereocenters. The number of hydrogen-bond donors (Lipinski definition) is 3. The minimum absolute atomic E-state index is 0.143. The van der Waals surface area contributed by atoms with Crippen LogP contribution in [0.4, 0.5) is 10.1 Å². The minimum atomic E-state index is -0.447. The number of nitrogens with one attached hydrogen (secondary N) is 3. The molecule has 8 heteroatoms. The van der Waals surface area contributed by atoms with Gasteiger partial charge in [0, 0.05) is 24.3 Å². The first-order valence-electron chi connectivity index (χ1n) is 7.65. The maximum atomic E-state index is 14.1. The number of rotatable bonds is 2. The molecular formula is C15H17ClFN5O. The van der Waals surface area contributed by atoms with Crippen molar-refractivity contribution < 1.29 is 9.18 Å². The van der Waals surface area contributed by atoms with E-state index in [-0.39, 0.29) is 18.4 Å². The first-order chi connectivity index (χ1) is 11.1. The van der Waals surface area contributed by atoms with Gasteiger partial charge in [0.05, 0.1) is 11.3 Å². The van der Waals surface area contributed by atoms with Crippen LogP contribution in [0.1, 0.15) is 12.8 Å². The van der Waals surface area contributed by atoms with Crippen LogP contribution < -0.4 is 21.1 Å². The van der Waals surface area contributed by atoms with Crippen LogP contribution in [0.3, 0.4) is 0 Å². The first-order valence-corrected chi connectivity index (χ1v) is 8.03. The van der Waals surface area contributed by atoms with Crippen molar-refractivity contribution in [1.82, 2.24) is 21.0 Å². The number of likely N-dealkylation sites (tertiary alicyclic amines) is 1. The van der Waals surface area contributed by atoms with Crippen molar-refractivity contribution in [3.63, 3.8) is 0 Å². The Morgan fingerprint density at radius 3 is 2.78 bits per heavy atom. The molecule has 4 rings (SSSR count). The summed E-state index contributed by atoms with van der Waals surface area (Å²) in [7, 11) is 0. The second kappa shape index (κ2) is 5.76. The number of anilines is 1. The molecule has 3 heterocycles. The summed E-state index contributed by atoms with van der Waals surface area (Å²) < 4.78 is 14.1. The van der Waals surface area contributed by atoms with Crippen molar-refractivity contribution in [2.75, 3.05) is 18.1 Å². The Balaban J connectivity index is 1.54. The van der Waals surface area contributed by atoms with E-state index < -0.39 is 5.82 Å². The monoisotopic (exact) mass is 337 g/mol. The topological polar surface area (TPSA) is 59.6 Å².